The second-order valence-corrected chi connectivity index (χ2v) is 7.22. The van der Waals surface area contributed by atoms with Crippen LogP contribution in [0.4, 0.5) is 5.69 Å². The Hall–Kier alpha value is -1.36. The zero-order valence-corrected chi connectivity index (χ0v) is 12.6. The molecule has 0 radical (unpaired) electrons. The smallest absolute Gasteiger partial charge is 0.238 e. The summed E-state index contributed by atoms with van der Waals surface area (Å²) in [5.41, 5.74) is -0.00451. The number of rotatable bonds is 7. The van der Waals surface area contributed by atoms with Gasteiger partial charge in [0.05, 0.1) is 30.1 Å². The normalized spacial score (nSPS) is 12.2. The first kappa shape index (κ1) is 16.7. The van der Waals surface area contributed by atoms with Gasteiger partial charge >= 0.3 is 0 Å². The molecule has 0 heterocycles. The SMILES string of the molecule is COCCS(=O)(=O)Nc1cc(S(N)(=O)=O)ccc1OC. The number of hydrogen-bond donors (Lipinski definition) is 2. The third-order valence-electron chi connectivity index (χ3n) is 2.32. The Morgan fingerprint density at radius 3 is 2.35 bits per heavy atom. The number of hydrogen-bond acceptors (Lipinski definition) is 6. The Kier molecular flexibility index (Phi) is 5.34. The molecule has 0 aromatic heterocycles. The minimum atomic E-state index is -3.94. The standard InChI is InChI=1S/C10H16N2O6S2/c1-17-5-6-19(13,14)12-9-7-8(20(11,15)16)3-4-10(9)18-2/h3-4,7,12H,5-6H2,1-2H3,(H2,11,15,16). The molecule has 1 aromatic rings. The van der Waals surface area contributed by atoms with Gasteiger partial charge in [-0.1, -0.05) is 0 Å². The second-order valence-electron chi connectivity index (χ2n) is 3.82. The molecule has 0 atom stereocenters. The van der Waals surface area contributed by atoms with Gasteiger partial charge in [0.2, 0.25) is 20.0 Å². The number of primary sulfonamides is 1. The van der Waals surface area contributed by atoms with Crippen molar-refractivity contribution in [1.29, 1.82) is 0 Å². The van der Waals surface area contributed by atoms with Crippen LogP contribution in [0.5, 0.6) is 5.75 Å². The number of anilines is 1. The number of ether oxygens (including phenoxy) is 2. The minimum Gasteiger partial charge on any atom is -0.495 e. The molecule has 1 rings (SSSR count). The van der Waals surface area contributed by atoms with Crippen LogP contribution in [-0.2, 0) is 24.8 Å². The van der Waals surface area contributed by atoms with Crippen LogP contribution in [0.25, 0.3) is 0 Å². The molecule has 1 aromatic carbocycles. The Bertz CT molecular complexity index is 669. The van der Waals surface area contributed by atoms with Gasteiger partial charge in [-0.2, -0.15) is 0 Å². The van der Waals surface area contributed by atoms with E-state index in [-0.39, 0.29) is 28.7 Å². The van der Waals surface area contributed by atoms with Gasteiger partial charge in [-0.3, -0.25) is 4.72 Å². The summed E-state index contributed by atoms with van der Waals surface area (Å²) >= 11 is 0. The molecular formula is C10H16N2O6S2. The summed E-state index contributed by atoms with van der Waals surface area (Å²) in [6, 6.07) is 3.63. The lowest BCUT2D eigenvalue weighted by Gasteiger charge is -2.12. The number of nitrogens with two attached hydrogens (primary N) is 1. The molecule has 0 aliphatic heterocycles. The van der Waals surface area contributed by atoms with E-state index in [4.69, 9.17) is 9.88 Å². The fraction of sp³-hybridized carbons (Fsp3) is 0.400. The molecule has 0 spiro atoms. The fourth-order valence-corrected chi connectivity index (χ4v) is 2.88. The van der Waals surface area contributed by atoms with Crippen LogP contribution in [0, 0.1) is 0 Å². The molecule has 0 bridgehead atoms. The topological polar surface area (TPSA) is 125 Å². The summed E-state index contributed by atoms with van der Waals surface area (Å²) < 4.78 is 57.9. The third-order valence-corrected chi connectivity index (χ3v) is 4.47. The Morgan fingerprint density at radius 2 is 1.85 bits per heavy atom. The molecule has 10 heteroatoms. The number of sulfonamides is 2. The highest BCUT2D eigenvalue weighted by Gasteiger charge is 2.17. The lowest BCUT2D eigenvalue weighted by molar-refractivity contribution is 0.217. The van der Waals surface area contributed by atoms with Gasteiger partial charge in [0.25, 0.3) is 0 Å². The van der Waals surface area contributed by atoms with Crippen molar-refractivity contribution in [2.75, 3.05) is 31.3 Å². The number of benzene rings is 1. The monoisotopic (exact) mass is 324 g/mol. The summed E-state index contributed by atoms with van der Waals surface area (Å²) in [6.07, 6.45) is 0. The molecule has 114 valence electrons. The van der Waals surface area contributed by atoms with E-state index in [1.807, 2.05) is 0 Å². The van der Waals surface area contributed by atoms with Gasteiger partial charge < -0.3 is 9.47 Å². The molecule has 0 saturated carbocycles. The van der Waals surface area contributed by atoms with Gasteiger partial charge in [-0.05, 0) is 18.2 Å². The molecule has 20 heavy (non-hydrogen) atoms. The molecule has 0 amide bonds. The van der Waals surface area contributed by atoms with E-state index in [0.717, 1.165) is 6.07 Å². The lowest BCUT2D eigenvalue weighted by Crippen LogP contribution is -2.20. The van der Waals surface area contributed by atoms with Crippen molar-refractivity contribution in [1.82, 2.24) is 0 Å². The number of nitrogens with one attached hydrogen (secondary N) is 1. The molecule has 0 fully saturated rings. The van der Waals surface area contributed by atoms with E-state index in [1.54, 1.807) is 0 Å². The first-order chi connectivity index (χ1) is 9.19. The first-order valence-corrected chi connectivity index (χ1v) is 8.60. The summed E-state index contributed by atoms with van der Waals surface area (Å²) in [5, 5.41) is 5.00. The maximum absolute atomic E-state index is 11.8. The molecule has 0 aliphatic carbocycles. The van der Waals surface area contributed by atoms with Crippen LogP contribution in [0.1, 0.15) is 0 Å². The van der Waals surface area contributed by atoms with Crippen molar-refractivity contribution in [3.05, 3.63) is 18.2 Å². The Morgan fingerprint density at radius 1 is 1.20 bits per heavy atom. The summed E-state index contributed by atoms with van der Waals surface area (Å²) in [4.78, 5) is -0.220. The van der Waals surface area contributed by atoms with E-state index in [1.165, 1.54) is 26.4 Å². The van der Waals surface area contributed by atoms with Crippen LogP contribution in [0.3, 0.4) is 0 Å². The zero-order chi connectivity index (χ0) is 15.4. The van der Waals surface area contributed by atoms with Crippen LogP contribution in [0.15, 0.2) is 23.1 Å². The summed E-state index contributed by atoms with van der Waals surface area (Å²) in [5.74, 6) is -0.0925. The summed E-state index contributed by atoms with van der Waals surface area (Å²) in [6.45, 7) is 0.00648. The van der Waals surface area contributed by atoms with E-state index in [2.05, 4.69) is 9.46 Å². The molecule has 3 N–H and O–H groups in total. The van der Waals surface area contributed by atoms with E-state index in [0.29, 0.717) is 0 Å². The third kappa shape index (κ3) is 4.63. The number of methoxy groups -OCH3 is 2. The second kappa shape index (κ2) is 6.39. The van der Waals surface area contributed by atoms with Crippen molar-refractivity contribution in [3.63, 3.8) is 0 Å². The maximum Gasteiger partial charge on any atom is 0.238 e. The predicted molar refractivity (Wildman–Crippen MR) is 73.7 cm³/mol. The fourth-order valence-electron chi connectivity index (χ4n) is 1.36. The van der Waals surface area contributed by atoms with Gasteiger partial charge in [0, 0.05) is 7.11 Å². The maximum atomic E-state index is 11.8. The van der Waals surface area contributed by atoms with Crippen molar-refractivity contribution in [2.45, 2.75) is 4.90 Å². The van der Waals surface area contributed by atoms with Crippen LogP contribution in [-0.4, -0.2) is 43.4 Å². The van der Waals surface area contributed by atoms with E-state index >= 15 is 0 Å². The molecule has 0 saturated heterocycles. The quantitative estimate of drug-likeness (QED) is 0.711. The summed E-state index contributed by atoms with van der Waals surface area (Å²) in [7, 11) is -4.92. The Labute approximate surface area is 118 Å². The van der Waals surface area contributed by atoms with E-state index in [9.17, 15) is 16.8 Å². The Balaban J connectivity index is 3.16. The average molecular weight is 324 g/mol. The van der Waals surface area contributed by atoms with Crippen molar-refractivity contribution >= 4 is 25.7 Å². The van der Waals surface area contributed by atoms with Gasteiger partial charge in [0.1, 0.15) is 5.75 Å². The minimum absolute atomic E-state index is 0.00451. The van der Waals surface area contributed by atoms with Crippen LogP contribution < -0.4 is 14.6 Å². The molecular weight excluding hydrogens is 308 g/mol. The van der Waals surface area contributed by atoms with Crippen molar-refractivity contribution in [2.24, 2.45) is 5.14 Å². The van der Waals surface area contributed by atoms with Gasteiger partial charge in [-0.15, -0.1) is 0 Å². The van der Waals surface area contributed by atoms with E-state index < -0.39 is 20.0 Å². The highest BCUT2D eigenvalue weighted by atomic mass is 32.2. The predicted octanol–water partition coefficient (Wildman–Crippen LogP) is -0.269. The van der Waals surface area contributed by atoms with Crippen molar-refractivity contribution < 1.29 is 26.3 Å². The first-order valence-electron chi connectivity index (χ1n) is 5.40. The molecule has 0 aliphatic rings. The molecule has 0 unspecified atom stereocenters. The lowest BCUT2D eigenvalue weighted by atomic mass is 10.3. The van der Waals surface area contributed by atoms with Crippen molar-refractivity contribution in [3.8, 4) is 5.75 Å². The van der Waals surface area contributed by atoms with Gasteiger partial charge in [-0.25, -0.2) is 22.0 Å². The van der Waals surface area contributed by atoms with Gasteiger partial charge in [0.15, 0.2) is 0 Å². The average Bonchev–Trinajstić information content (AvgIpc) is 2.35. The molecule has 8 nitrogen and oxygen atoms in total. The largest absolute Gasteiger partial charge is 0.495 e. The highest BCUT2D eigenvalue weighted by molar-refractivity contribution is 7.92. The highest BCUT2D eigenvalue weighted by Crippen LogP contribution is 2.27. The van der Waals surface area contributed by atoms with Crippen LogP contribution >= 0.6 is 0 Å². The zero-order valence-electron chi connectivity index (χ0n) is 11.0. The van der Waals surface area contributed by atoms with Crippen LogP contribution in [0.2, 0.25) is 0 Å².